The maximum absolute atomic E-state index is 14.5. The van der Waals surface area contributed by atoms with Gasteiger partial charge in [-0.25, -0.2) is 4.39 Å². The third-order valence-corrected chi connectivity index (χ3v) is 4.76. The van der Waals surface area contributed by atoms with E-state index in [0.717, 1.165) is 42.0 Å². The van der Waals surface area contributed by atoms with Gasteiger partial charge in [0.1, 0.15) is 5.82 Å². The monoisotopic (exact) mass is 291 g/mol. The van der Waals surface area contributed by atoms with E-state index >= 15 is 0 Å². The summed E-state index contributed by atoms with van der Waals surface area (Å²) in [5.41, 5.74) is 3.01. The highest BCUT2D eigenvalue weighted by Gasteiger charge is 2.23. The van der Waals surface area contributed by atoms with Gasteiger partial charge in [0.2, 0.25) is 0 Å². The molecule has 0 aromatic heterocycles. The molecule has 2 rings (SSSR count). The van der Waals surface area contributed by atoms with E-state index in [1.54, 1.807) is 6.07 Å². The van der Waals surface area contributed by atoms with E-state index in [-0.39, 0.29) is 11.9 Å². The van der Waals surface area contributed by atoms with Crippen LogP contribution in [-0.2, 0) is 0 Å². The van der Waals surface area contributed by atoms with Gasteiger partial charge in [0, 0.05) is 11.6 Å². The van der Waals surface area contributed by atoms with E-state index in [1.807, 2.05) is 13.8 Å². The van der Waals surface area contributed by atoms with Crippen LogP contribution in [0.1, 0.15) is 74.6 Å². The van der Waals surface area contributed by atoms with Gasteiger partial charge in [-0.05, 0) is 56.3 Å². The molecule has 0 heterocycles. The number of nitrogens with one attached hydrogen (secondary N) is 1. The van der Waals surface area contributed by atoms with Crippen LogP contribution in [0.3, 0.4) is 0 Å². The minimum Gasteiger partial charge on any atom is -0.310 e. The van der Waals surface area contributed by atoms with Crippen molar-refractivity contribution in [2.45, 2.75) is 71.8 Å². The van der Waals surface area contributed by atoms with Gasteiger partial charge in [-0.3, -0.25) is 0 Å². The highest BCUT2D eigenvalue weighted by molar-refractivity contribution is 5.34. The molecule has 2 heteroatoms. The summed E-state index contributed by atoms with van der Waals surface area (Å²) in [6.07, 6.45) is 8.88. The Bertz CT molecular complexity index is 426. The van der Waals surface area contributed by atoms with Crippen molar-refractivity contribution in [3.8, 4) is 0 Å². The summed E-state index contributed by atoms with van der Waals surface area (Å²) in [6, 6.07) is 3.97. The van der Waals surface area contributed by atoms with Gasteiger partial charge in [-0.2, -0.15) is 0 Å². The fourth-order valence-corrected chi connectivity index (χ4v) is 3.75. The van der Waals surface area contributed by atoms with Crippen LogP contribution in [0.2, 0.25) is 0 Å². The molecule has 1 atom stereocenters. The van der Waals surface area contributed by atoms with Crippen LogP contribution in [0.15, 0.2) is 12.1 Å². The van der Waals surface area contributed by atoms with Gasteiger partial charge in [-0.1, -0.05) is 45.1 Å². The first-order valence-corrected chi connectivity index (χ1v) is 8.61. The first-order chi connectivity index (χ1) is 10.1. The predicted octanol–water partition coefficient (Wildman–Crippen LogP) is 5.45. The summed E-state index contributed by atoms with van der Waals surface area (Å²) in [4.78, 5) is 0. The second kappa shape index (κ2) is 7.93. The smallest absolute Gasteiger partial charge is 0.128 e. The lowest BCUT2D eigenvalue weighted by Gasteiger charge is -2.29. The van der Waals surface area contributed by atoms with Gasteiger partial charge in [0.05, 0.1) is 0 Å². The molecule has 0 spiro atoms. The average molecular weight is 291 g/mol. The molecule has 0 radical (unpaired) electrons. The normalized spacial score (nSPS) is 17.9. The third kappa shape index (κ3) is 4.54. The Hall–Kier alpha value is -0.890. The van der Waals surface area contributed by atoms with Crippen molar-refractivity contribution in [2.75, 3.05) is 6.54 Å². The molecule has 1 fully saturated rings. The van der Waals surface area contributed by atoms with Crippen molar-refractivity contribution in [1.29, 1.82) is 0 Å². The van der Waals surface area contributed by atoms with Crippen molar-refractivity contribution in [3.63, 3.8) is 0 Å². The molecule has 0 bridgehead atoms. The zero-order valence-corrected chi connectivity index (χ0v) is 13.8. The van der Waals surface area contributed by atoms with Crippen molar-refractivity contribution >= 4 is 0 Å². The Labute approximate surface area is 129 Å². The highest BCUT2D eigenvalue weighted by atomic mass is 19.1. The van der Waals surface area contributed by atoms with Gasteiger partial charge >= 0.3 is 0 Å². The molecule has 0 amide bonds. The number of halogens is 1. The van der Waals surface area contributed by atoms with E-state index in [0.29, 0.717) is 0 Å². The third-order valence-electron chi connectivity index (χ3n) is 4.76. The number of hydrogen-bond acceptors (Lipinski definition) is 1. The van der Waals surface area contributed by atoms with Gasteiger partial charge < -0.3 is 5.32 Å². The van der Waals surface area contributed by atoms with Crippen LogP contribution in [0.4, 0.5) is 4.39 Å². The molecular weight excluding hydrogens is 261 g/mol. The van der Waals surface area contributed by atoms with Crippen LogP contribution in [0.5, 0.6) is 0 Å². The lowest BCUT2D eigenvalue weighted by molar-refractivity contribution is 0.296. The molecule has 21 heavy (non-hydrogen) atoms. The number of aryl methyl sites for hydroxylation is 2. The number of benzene rings is 1. The summed E-state index contributed by atoms with van der Waals surface area (Å²) in [7, 11) is 0. The average Bonchev–Trinajstić information content (AvgIpc) is 2.44. The van der Waals surface area contributed by atoms with Crippen LogP contribution < -0.4 is 5.32 Å². The lowest BCUT2D eigenvalue weighted by Crippen LogP contribution is -2.27. The van der Waals surface area contributed by atoms with E-state index in [1.165, 1.54) is 32.1 Å². The Morgan fingerprint density at radius 3 is 2.52 bits per heavy atom. The molecule has 1 nitrogen and oxygen atoms in total. The summed E-state index contributed by atoms with van der Waals surface area (Å²) in [6.45, 7) is 7.15. The first-order valence-electron chi connectivity index (χ1n) is 8.61. The maximum Gasteiger partial charge on any atom is 0.128 e. The standard InChI is InChI=1S/C19H30FN/c1-4-10-21-18(13-16-8-6-5-7-9-16)19-15(3)11-14(2)12-17(19)20/h11-12,16,18,21H,4-10,13H2,1-3H3. The second-order valence-corrected chi connectivity index (χ2v) is 6.72. The molecule has 1 aromatic carbocycles. The van der Waals surface area contributed by atoms with E-state index in [2.05, 4.69) is 18.3 Å². The Morgan fingerprint density at radius 1 is 1.19 bits per heavy atom. The van der Waals surface area contributed by atoms with Crippen LogP contribution >= 0.6 is 0 Å². The molecule has 1 unspecified atom stereocenters. The molecule has 118 valence electrons. The Kier molecular flexibility index (Phi) is 6.22. The summed E-state index contributed by atoms with van der Waals surface area (Å²) >= 11 is 0. The van der Waals surface area contributed by atoms with Gasteiger partial charge in [0.25, 0.3) is 0 Å². The SMILES string of the molecule is CCCNC(CC1CCCCC1)c1c(C)cc(C)cc1F. The van der Waals surface area contributed by atoms with Gasteiger partial charge in [-0.15, -0.1) is 0 Å². The van der Waals surface area contributed by atoms with Crippen LogP contribution in [0, 0.1) is 25.6 Å². The highest BCUT2D eigenvalue weighted by Crippen LogP contribution is 2.34. The second-order valence-electron chi connectivity index (χ2n) is 6.72. The molecule has 1 aliphatic carbocycles. The Balaban J connectivity index is 2.18. The van der Waals surface area contributed by atoms with Crippen molar-refractivity contribution < 1.29 is 4.39 Å². The molecule has 1 aliphatic rings. The minimum atomic E-state index is -0.0306. The summed E-state index contributed by atoms with van der Waals surface area (Å²) in [5, 5.41) is 3.59. The van der Waals surface area contributed by atoms with E-state index < -0.39 is 0 Å². The van der Waals surface area contributed by atoms with E-state index in [9.17, 15) is 4.39 Å². The fraction of sp³-hybridized carbons (Fsp3) is 0.684. The lowest BCUT2D eigenvalue weighted by atomic mass is 9.82. The number of hydrogen-bond donors (Lipinski definition) is 1. The van der Waals surface area contributed by atoms with Crippen LogP contribution in [0.25, 0.3) is 0 Å². The number of rotatable bonds is 6. The van der Waals surface area contributed by atoms with Crippen molar-refractivity contribution in [1.82, 2.24) is 5.32 Å². The van der Waals surface area contributed by atoms with Crippen LogP contribution in [-0.4, -0.2) is 6.54 Å². The maximum atomic E-state index is 14.5. The zero-order chi connectivity index (χ0) is 15.2. The van der Waals surface area contributed by atoms with Crippen molar-refractivity contribution in [3.05, 3.63) is 34.6 Å². The molecule has 0 saturated heterocycles. The first kappa shape index (κ1) is 16.5. The van der Waals surface area contributed by atoms with E-state index in [4.69, 9.17) is 0 Å². The summed E-state index contributed by atoms with van der Waals surface area (Å²) in [5.74, 6) is 0.727. The fourth-order valence-electron chi connectivity index (χ4n) is 3.75. The molecule has 1 saturated carbocycles. The Morgan fingerprint density at radius 2 is 1.90 bits per heavy atom. The summed E-state index contributed by atoms with van der Waals surface area (Å²) < 4.78 is 14.5. The predicted molar refractivity (Wildman–Crippen MR) is 88.1 cm³/mol. The largest absolute Gasteiger partial charge is 0.310 e. The molecule has 1 aromatic rings. The zero-order valence-electron chi connectivity index (χ0n) is 13.8. The minimum absolute atomic E-state index is 0.0306. The molecule has 1 N–H and O–H groups in total. The van der Waals surface area contributed by atoms with Crippen molar-refractivity contribution in [2.24, 2.45) is 5.92 Å². The topological polar surface area (TPSA) is 12.0 Å². The molecule has 0 aliphatic heterocycles. The quantitative estimate of drug-likeness (QED) is 0.734. The molecular formula is C19H30FN. The van der Waals surface area contributed by atoms with Gasteiger partial charge in [0.15, 0.2) is 0 Å².